The van der Waals surface area contributed by atoms with Crippen molar-refractivity contribution in [1.82, 2.24) is 10.2 Å². The predicted molar refractivity (Wildman–Crippen MR) is 50.3 cm³/mol. The van der Waals surface area contributed by atoms with Gasteiger partial charge in [0.05, 0.1) is 6.10 Å². The van der Waals surface area contributed by atoms with Gasteiger partial charge in [0.2, 0.25) is 5.91 Å². The maximum atomic E-state index is 10.8. The highest BCUT2D eigenvalue weighted by Gasteiger charge is 2.18. The van der Waals surface area contributed by atoms with E-state index in [0.29, 0.717) is 0 Å². The summed E-state index contributed by atoms with van der Waals surface area (Å²) in [6, 6.07) is 0. The zero-order chi connectivity index (χ0) is 9.68. The van der Waals surface area contributed by atoms with Gasteiger partial charge in [0.25, 0.3) is 0 Å². The minimum absolute atomic E-state index is 0.0836. The van der Waals surface area contributed by atoms with Crippen LogP contribution >= 0.6 is 0 Å². The highest BCUT2D eigenvalue weighted by Crippen LogP contribution is 2.07. The molecule has 1 unspecified atom stereocenters. The van der Waals surface area contributed by atoms with Crippen LogP contribution in [0.3, 0.4) is 0 Å². The van der Waals surface area contributed by atoms with Crippen LogP contribution < -0.4 is 5.32 Å². The molecule has 1 aliphatic rings. The molecule has 1 aliphatic heterocycles. The standard InChI is InChI=1S/C9H16N2O2/c1-10-9(13)3-2-5-11-6-4-8(12)7-11/h2-3,8,12H,4-7H2,1H3,(H,10,13)/b3-2+. The fourth-order valence-electron chi connectivity index (χ4n) is 1.37. The molecule has 1 saturated heterocycles. The van der Waals surface area contributed by atoms with E-state index in [0.717, 1.165) is 26.1 Å². The summed E-state index contributed by atoms with van der Waals surface area (Å²) in [5.41, 5.74) is 0. The smallest absolute Gasteiger partial charge is 0.243 e. The summed E-state index contributed by atoms with van der Waals surface area (Å²) in [4.78, 5) is 12.9. The number of aliphatic hydroxyl groups excluding tert-OH is 1. The van der Waals surface area contributed by atoms with Crippen molar-refractivity contribution in [3.8, 4) is 0 Å². The number of carbonyl (C=O) groups is 1. The van der Waals surface area contributed by atoms with Crippen molar-refractivity contribution >= 4 is 5.91 Å². The van der Waals surface area contributed by atoms with Gasteiger partial charge in [0.15, 0.2) is 0 Å². The lowest BCUT2D eigenvalue weighted by molar-refractivity contribution is -0.116. The van der Waals surface area contributed by atoms with Crippen molar-refractivity contribution in [2.45, 2.75) is 12.5 Å². The molecule has 2 N–H and O–H groups in total. The minimum Gasteiger partial charge on any atom is -0.392 e. The van der Waals surface area contributed by atoms with E-state index in [-0.39, 0.29) is 12.0 Å². The number of rotatable bonds is 3. The number of likely N-dealkylation sites (N-methyl/N-ethyl adjacent to an activating group) is 1. The molecule has 74 valence electrons. The van der Waals surface area contributed by atoms with Crippen molar-refractivity contribution in [1.29, 1.82) is 0 Å². The van der Waals surface area contributed by atoms with Gasteiger partial charge in [0.1, 0.15) is 0 Å². The molecule has 0 radical (unpaired) electrons. The molecule has 1 atom stereocenters. The number of nitrogens with one attached hydrogen (secondary N) is 1. The number of amides is 1. The third kappa shape index (κ3) is 3.57. The van der Waals surface area contributed by atoms with E-state index in [9.17, 15) is 9.90 Å². The lowest BCUT2D eigenvalue weighted by atomic mass is 10.3. The van der Waals surface area contributed by atoms with Crippen LogP contribution in [-0.4, -0.2) is 48.7 Å². The van der Waals surface area contributed by atoms with E-state index in [2.05, 4.69) is 10.2 Å². The van der Waals surface area contributed by atoms with E-state index >= 15 is 0 Å². The molecule has 4 nitrogen and oxygen atoms in total. The van der Waals surface area contributed by atoms with Crippen molar-refractivity contribution in [3.05, 3.63) is 12.2 Å². The molecule has 0 spiro atoms. The molecule has 0 bridgehead atoms. The Balaban J connectivity index is 2.19. The van der Waals surface area contributed by atoms with Crippen molar-refractivity contribution in [2.75, 3.05) is 26.7 Å². The summed E-state index contributed by atoms with van der Waals surface area (Å²) < 4.78 is 0. The van der Waals surface area contributed by atoms with Crippen molar-refractivity contribution in [3.63, 3.8) is 0 Å². The van der Waals surface area contributed by atoms with Crippen LogP contribution in [-0.2, 0) is 4.79 Å². The van der Waals surface area contributed by atoms with E-state index in [1.165, 1.54) is 6.08 Å². The number of aliphatic hydroxyl groups is 1. The minimum atomic E-state index is -0.187. The van der Waals surface area contributed by atoms with E-state index in [1.54, 1.807) is 7.05 Å². The zero-order valence-electron chi connectivity index (χ0n) is 7.86. The van der Waals surface area contributed by atoms with Crippen LogP contribution in [0.1, 0.15) is 6.42 Å². The molecule has 1 amide bonds. The van der Waals surface area contributed by atoms with Crippen LogP contribution in [0.4, 0.5) is 0 Å². The Labute approximate surface area is 78.2 Å². The Morgan fingerprint density at radius 1 is 1.77 bits per heavy atom. The molecule has 4 heteroatoms. The lowest BCUT2D eigenvalue weighted by Gasteiger charge is -2.10. The first kappa shape index (κ1) is 10.2. The molecule has 0 aromatic rings. The van der Waals surface area contributed by atoms with Crippen LogP contribution in [0.5, 0.6) is 0 Å². The molecule has 0 aromatic carbocycles. The summed E-state index contributed by atoms with van der Waals surface area (Å²) in [6.07, 6.45) is 3.99. The highest BCUT2D eigenvalue weighted by molar-refractivity contribution is 5.87. The average molecular weight is 184 g/mol. The quantitative estimate of drug-likeness (QED) is 0.573. The summed E-state index contributed by atoms with van der Waals surface area (Å²) in [5, 5.41) is 11.7. The molecule has 1 rings (SSSR count). The highest BCUT2D eigenvalue weighted by atomic mass is 16.3. The van der Waals surface area contributed by atoms with Crippen LogP contribution in [0.15, 0.2) is 12.2 Å². The molecule has 0 aromatic heterocycles. The summed E-state index contributed by atoms with van der Waals surface area (Å²) in [5.74, 6) is -0.0836. The SMILES string of the molecule is CNC(=O)/C=C/CN1CCC(O)C1. The van der Waals surface area contributed by atoms with Gasteiger partial charge in [-0.25, -0.2) is 0 Å². The molecule has 1 heterocycles. The van der Waals surface area contributed by atoms with Gasteiger partial charge in [-0.2, -0.15) is 0 Å². The van der Waals surface area contributed by atoms with Gasteiger partial charge >= 0.3 is 0 Å². The fourth-order valence-corrected chi connectivity index (χ4v) is 1.37. The molecule has 0 saturated carbocycles. The number of nitrogens with zero attached hydrogens (tertiary/aromatic N) is 1. The maximum Gasteiger partial charge on any atom is 0.243 e. The lowest BCUT2D eigenvalue weighted by Crippen LogP contribution is -2.22. The van der Waals surface area contributed by atoms with Crippen molar-refractivity contribution in [2.24, 2.45) is 0 Å². The second-order valence-electron chi connectivity index (χ2n) is 3.22. The number of hydrogen-bond donors (Lipinski definition) is 2. The van der Waals surface area contributed by atoms with E-state index in [4.69, 9.17) is 0 Å². The number of hydrogen-bond acceptors (Lipinski definition) is 3. The van der Waals surface area contributed by atoms with Gasteiger partial charge in [-0.1, -0.05) is 6.08 Å². The number of β-amino-alcohol motifs (C(OH)–C–C–N with tert-alkyl or cyclic N) is 1. The van der Waals surface area contributed by atoms with Gasteiger partial charge in [-0.05, 0) is 6.42 Å². The Morgan fingerprint density at radius 2 is 2.54 bits per heavy atom. The maximum absolute atomic E-state index is 10.8. The van der Waals surface area contributed by atoms with E-state index < -0.39 is 0 Å². The Hall–Kier alpha value is -0.870. The fraction of sp³-hybridized carbons (Fsp3) is 0.667. The molecular formula is C9H16N2O2. The first-order chi connectivity index (χ1) is 6.22. The van der Waals surface area contributed by atoms with E-state index in [1.807, 2.05) is 6.08 Å². The zero-order valence-corrected chi connectivity index (χ0v) is 7.86. The third-order valence-corrected chi connectivity index (χ3v) is 2.13. The molecule has 0 aliphatic carbocycles. The summed E-state index contributed by atoms with van der Waals surface area (Å²) in [6.45, 7) is 2.38. The number of likely N-dealkylation sites (tertiary alicyclic amines) is 1. The van der Waals surface area contributed by atoms with Crippen molar-refractivity contribution < 1.29 is 9.90 Å². The topological polar surface area (TPSA) is 52.6 Å². The van der Waals surface area contributed by atoms with Crippen LogP contribution in [0.25, 0.3) is 0 Å². The van der Waals surface area contributed by atoms with Gasteiger partial charge in [-0.3, -0.25) is 9.69 Å². The second-order valence-corrected chi connectivity index (χ2v) is 3.22. The Bertz CT molecular complexity index is 204. The monoisotopic (exact) mass is 184 g/mol. The normalized spacial score (nSPS) is 24.0. The molecule has 13 heavy (non-hydrogen) atoms. The largest absolute Gasteiger partial charge is 0.392 e. The Kier molecular flexibility index (Phi) is 3.92. The number of carbonyl (C=O) groups excluding carboxylic acids is 1. The molecular weight excluding hydrogens is 168 g/mol. The van der Waals surface area contributed by atoms with Gasteiger partial charge in [0, 0.05) is 32.8 Å². The summed E-state index contributed by atoms with van der Waals surface area (Å²) in [7, 11) is 1.60. The van der Waals surface area contributed by atoms with Crippen LogP contribution in [0.2, 0.25) is 0 Å². The summed E-state index contributed by atoms with van der Waals surface area (Å²) >= 11 is 0. The second kappa shape index (κ2) is 4.99. The average Bonchev–Trinajstić information content (AvgIpc) is 2.51. The van der Waals surface area contributed by atoms with Gasteiger partial charge < -0.3 is 10.4 Å². The molecule has 1 fully saturated rings. The van der Waals surface area contributed by atoms with Gasteiger partial charge in [-0.15, -0.1) is 0 Å². The Morgan fingerprint density at radius 3 is 3.08 bits per heavy atom. The third-order valence-electron chi connectivity index (χ3n) is 2.13. The van der Waals surface area contributed by atoms with Crippen LogP contribution in [0, 0.1) is 0 Å². The predicted octanol–water partition coefficient (Wildman–Crippen LogP) is -0.645. The first-order valence-electron chi connectivity index (χ1n) is 4.51. The first-order valence-corrected chi connectivity index (χ1v) is 4.51.